The fourth-order valence-electron chi connectivity index (χ4n) is 5.03. The second-order valence-electron chi connectivity index (χ2n) is 9.24. The van der Waals surface area contributed by atoms with Gasteiger partial charge in [-0.2, -0.15) is 0 Å². The summed E-state index contributed by atoms with van der Waals surface area (Å²) in [6.45, 7) is -0.271. The molecule has 2 aliphatic rings. The lowest BCUT2D eigenvalue weighted by atomic mass is 9.83. The molecule has 7 nitrogen and oxygen atoms in total. The van der Waals surface area contributed by atoms with E-state index in [0.29, 0.717) is 26.3 Å². The molecule has 40 heavy (non-hydrogen) atoms. The summed E-state index contributed by atoms with van der Waals surface area (Å²) in [5.41, 5.74) is 1.75. The highest BCUT2D eigenvalue weighted by Gasteiger charge is 2.56. The monoisotopic (exact) mass is 673 g/mol. The molecule has 1 N–H and O–H groups in total. The summed E-state index contributed by atoms with van der Waals surface area (Å²) in [6.07, 6.45) is 0. The van der Waals surface area contributed by atoms with Crippen LogP contribution >= 0.6 is 62.2 Å². The maximum atomic E-state index is 13.9. The summed E-state index contributed by atoms with van der Waals surface area (Å²) in [5.74, 6) is -2.33. The average Bonchev–Trinajstić information content (AvgIpc) is 3.38. The van der Waals surface area contributed by atoms with E-state index in [0.717, 1.165) is 21.4 Å². The van der Waals surface area contributed by atoms with Crippen molar-refractivity contribution in [2.45, 2.75) is 22.7 Å². The van der Waals surface area contributed by atoms with Gasteiger partial charge in [-0.25, -0.2) is 4.90 Å². The molecule has 0 bridgehead atoms. The van der Waals surface area contributed by atoms with Crippen LogP contribution in [-0.4, -0.2) is 27.5 Å². The molecule has 1 aromatic heterocycles. The number of nitrogens with zero attached hydrogens (tertiary/aromatic N) is 2. The summed E-state index contributed by atoms with van der Waals surface area (Å²) in [7, 11) is 0. The van der Waals surface area contributed by atoms with Crippen LogP contribution in [0.15, 0.2) is 87.1 Å². The molecular weight excluding hydrogens is 657 g/mol. The fourth-order valence-corrected chi connectivity index (χ4v) is 8.37. The summed E-state index contributed by atoms with van der Waals surface area (Å²) in [6, 6.07) is 21.0. The number of hydrogen-bond acceptors (Lipinski definition) is 6. The highest BCUT2D eigenvalue weighted by atomic mass is 79.9. The fraction of sp³-hybridized carbons (Fsp3) is 0.143. The molecule has 3 amide bonds. The van der Waals surface area contributed by atoms with Crippen molar-refractivity contribution in [2.24, 2.45) is 5.92 Å². The van der Waals surface area contributed by atoms with Gasteiger partial charge in [0.25, 0.3) is 0 Å². The number of nitrogens with one attached hydrogen (secondary N) is 1. The van der Waals surface area contributed by atoms with Crippen molar-refractivity contribution < 1.29 is 14.4 Å². The van der Waals surface area contributed by atoms with Crippen molar-refractivity contribution in [3.8, 4) is 0 Å². The van der Waals surface area contributed by atoms with E-state index in [2.05, 4.69) is 21.2 Å². The van der Waals surface area contributed by atoms with Crippen molar-refractivity contribution in [3.63, 3.8) is 0 Å². The Bertz CT molecular complexity index is 1730. The van der Waals surface area contributed by atoms with Crippen LogP contribution in [0.2, 0.25) is 10.0 Å². The van der Waals surface area contributed by atoms with Crippen LogP contribution in [0, 0.1) is 5.92 Å². The van der Waals surface area contributed by atoms with Gasteiger partial charge in [-0.3, -0.25) is 23.7 Å². The van der Waals surface area contributed by atoms with Crippen LogP contribution in [0.25, 0.3) is 0 Å². The smallest absolute Gasteiger partial charge is 0.308 e. The zero-order valence-electron chi connectivity index (χ0n) is 20.3. The van der Waals surface area contributed by atoms with E-state index in [-0.39, 0.29) is 28.3 Å². The SMILES string of the molecule is O=C(Cn1c2c(sc1=O)C(c1ccc(Br)cc1)C1C(=O)N(c3ccccc3)C(=O)C1S2)Nc1ccc(Cl)c(Cl)c1. The van der Waals surface area contributed by atoms with Gasteiger partial charge in [0, 0.05) is 21.0 Å². The molecular formula is C28H18BrCl2N3O4S2. The number of benzene rings is 3. The van der Waals surface area contributed by atoms with E-state index in [4.69, 9.17) is 23.2 Å². The third kappa shape index (κ3) is 4.81. The van der Waals surface area contributed by atoms with Gasteiger partial charge in [0.1, 0.15) is 11.8 Å². The molecule has 3 atom stereocenters. The van der Waals surface area contributed by atoms with Crippen LogP contribution in [-0.2, 0) is 20.9 Å². The average molecular weight is 675 g/mol. The topological polar surface area (TPSA) is 88.5 Å². The molecule has 12 heteroatoms. The molecule has 6 rings (SSSR count). The predicted molar refractivity (Wildman–Crippen MR) is 162 cm³/mol. The zero-order valence-corrected chi connectivity index (χ0v) is 25.1. The predicted octanol–water partition coefficient (Wildman–Crippen LogP) is 6.41. The second-order valence-corrected chi connectivity index (χ2v) is 13.1. The second kappa shape index (κ2) is 10.8. The number of carbonyl (C=O) groups excluding carboxylic acids is 3. The lowest BCUT2D eigenvalue weighted by Gasteiger charge is -2.30. The number of halogens is 3. The van der Waals surface area contributed by atoms with Crippen molar-refractivity contribution in [1.29, 1.82) is 0 Å². The molecule has 1 fully saturated rings. The quantitative estimate of drug-likeness (QED) is 0.247. The number of thioether (sulfide) groups is 1. The Morgan fingerprint density at radius 2 is 1.65 bits per heavy atom. The number of rotatable bonds is 5. The first-order valence-electron chi connectivity index (χ1n) is 12.1. The molecule has 0 spiro atoms. The highest BCUT2D eigenvalue weighted by Crippen LogP contribution is 2.53. The molecule has 3 unspecified atom stereocenters. The largest absolute Gasteiger partial charge is 0.324 e. The Kier molecular flexibility index (Phi) is 7.39. The third-order valence-electron chi connectivity index (χ3n) is 6.80. The lowest BCUT2D eigenvalue weighted by Crippen LogP contribution is -2.33. The van der Waals surface area contributed by atoms with Crippen LogP contribution in [0.5, 0.6) is 0 Å². The first-order chi connectivity index (χ1) is 19.2. The van der Waals surface area contributed by atoms with Crippen molar-refractivity contribution in [1.82, 2.24) is 4.57 Å². The van der Waals surface area contributed by atoms with Gasteiger partial charge in [0.2, 0.25) is 17.7 Å². The standard InChI is InChI=1S/C28H18BrCl2N3O4S2/c29-15-8-6-14(7-9-15)21-22-23(26(37)34(25(22)36)17-4-2-1-3-5-17)39-27-24(21)40-28(38)33(27)13-20(35)32-16-10-11-18(30)19(31)12-16/h1-12,21-23H,13H2,(H,32,35). The van der Waals surface area contributed by atoms with E-state index < -0.39 is 23.0 Å². The van der Waals surface area contributed by atoms with E-state index in [9.17, 15) is 19.2 Å². The minimum atomic E-state index is -0.757. The van der Waals surface area contributed by atoms with Crippen LogP contribution in [0.4, 0.5) is 11.4 Å². The number of amides is 3. The molecule has 0 aliphatic carbocycles. The Morgan fingerprint density at radius 3 is 2.35 bits per heavy atom. The maximum Gasteiger partial charge on any atom is 0.308 e. The van der Waals surface area contributed by atoms with E-state index in [1.807, 2.05) is 30.3 Å². The number of fused-ring (bicyclic) bond motifs is 2. The minimum Gasteiger partial charge on any atom is -0.324 e. The molecule has 1 saturated heterocycles. The lowest BCUT2D eigenvalue weighted by molar-refractivity contribution is -0.122. The molecule has 4 aromatic rings. The minimum absolute atomic E-state index is 0.271. The van der Waals surface area contributed by atoms with Gasteiger partial charge in [0.15, 0.2) is 0 Å². The van der Waals surface area contributed by atoms with Crippen molar-refractivity contribution in [3.05, 3.63) is 107 Å². The molecule has 0 saturated carbocycles. The molecule has 3 aromatic carbocycles. The van der Waals surface area contributed by atoms with Gasteiger partial charge in [-0.05, 0) is 48.0 Å². The summed E-state index contributed by atoms with van der Waals surface area (Å²) in [4.78, 5) is 55.4. The summed E-state index contributed by atoms with van der Waals surface area (Å²) in [5, 5.41) is 3.14. The first kappa shape index (κ1) is 27.3. The van der Waals surface area contributed by atoms with Gasteiger partial charge in [-0.15, -0.1) is 0 Å². The number of anilines is 2. The Balaban J connectivity index is 1.40. The zero-order chi connectivity index (χ0) is 28.1. The van der Waals surface area contributed by atoms with E-state index >= 15 is 0 Å². The van der Waals surface area contributed by atoms with E-state index in [1.54, 1.807) is 36.4 Å². The van der Waals surface area contributed by atoms with Crippen LogP contribution in [0.3, 0.4) is 0 Å². The van der Waals surface area contributed by atoms with E-state index in [1.165, 1.54) is 27.3 Å². The van der Waals surface area contributed by atoms with Crippen LogP contribution in [0.1, 0.15) is 16.4 Å². The first-order valence-corrected chi connectivity index (χ1v) is 15.3. The van der Waals surface area contributed by atoms with Gasteiger partial charge >= 0.3 is 4.87 Å². The number of imide groups is 1. The number of aromatic nitrogens is 1. The normalized spacial score (nSPS) is 19.9. The summed E-state index contributed by atoms with van der Waals surface area (Å²) < 4.78 is 2.24. The Morgan fingerprint density at radius 1 is 0.925 bits per heavy atom. The Labute approximate surface area is 255 Å². The third-order valence-corrected chi connectivity index (χ3v) is 10.7. The van der Waals surface area contributed by atoms with Crippen molar-refractivity contribution in [2.75, 3.05) is 10.2 Å². The number of para-hydroxylation sites is 1. The van der Waals surface area contributed by atoms with Gasteiger partial charge in [0.05, 0.1) is 26.7 Å². The molecule has 202 valence electrons. The van der Waals surface area contributed by atoms with Crippen LogP contribution < -0.4 is 15.1 Å². The highest BCUT2D eigenvalue weighted by molar-refractivity contribution is 9.10. The molecule has 0 radical (unpaired) electrons. The van der Waals surface area contributed by atoms with Gasteiger partial charge < -0.3 is 5.32 Å². The molecule has 3 heterocycles. The van der Waals surface area contributed by atoms with Gasteiger partial charge in [-0.1, -0.05) is 92.6 Å². The van der Waals surface area contributed by atoms with Crippen molar-refractivity contribution >= 4 is 91.3 Å². The maximum absolute atomic E-state index is 13.9. The summed E-state index contributed by atoms with van der Waals surface area (Å²) >= 11 is 17.7. The number of thiazole rings is 1. The molecule has 2 aliphatic heterocycles. The number of hydrogen-bond donors (Lipinski definition) is 1. The Hall–Kier alpha value is -2.89. The number of carbonyl (C=O) groups is 3.